The fourth-order valence-corrected chi connectivity index (χ4v) is 5.58. The normalized spacial score (nSPS) is 21.2. The number of imide groups is 1. The third-order valence-corrected chi connectivity index (χ3v) is 7.48. The third-order valence-electron chi connectivity index (χ3n) is 6.44. The highest BCUT2D eigenvalue weighted by atomic mass is 79.9. The molecule has 0 bridgehead atoms. The molecule has 0 spiro atoms. The highest BCUT2D eigenvalue weighted by Crippen LogP contribution is 2.44. The van der Waals surface area contributed by atoms with Crippen LogP contribution in [0.4, 0.5) is 11.4 Å². The Bertz CT molecular complexity index is 1380. The number of amides is 3. The Hall–Kier alpha value is -2.91. The first-order chi connectivity index (χ1) is 17.2. The maximum Gasteiger partial charge on any atom is 0.268 e. The van der Waals surface area contributed by atoms with Crippen LogP contribution in [0.25, 0.3) is 0 Å². The summed E-state index contributed by atoms with van der Waals surface area (Å²) in [5.74, 6) is -2.22. The van der Waals surface area contributed by atoms with Gasteiger partial charge in [-0.2, -0.15) is 0 Å². The van der Waals surface area contributed by atoms with Gasteiger partial charge in [0, 0.05) is 34.8 Å². The number of carbonyl (C=O) groups excluding carboxylic acids is 3. The van der Waals surface area contributed by atoms with Gasteiger partial charge in [-0.3, -0.25) is 19.4 Å². The molecule has 0 saturated carbocycles. The lowest BCUT2D eigenvalue weighted by molar-refractivity contribution is -0.123. The maximum absolute atomic E-state index is 13.8. The van der Waals surface area contributed by atoms with Crippen LogP contribution in [-0.4, -0.2) is 42.9 Å². The molecule has 3 atom stereocenters. The van der Waals surface area contributed by atoms with Crippen LogP contribution in [0.5, 0.6) is 0 Å². The second kappa shape index (κ2) is 9.52. The van der Waals surface area contributed by atoms with E-state index in [1.807, 2.05) is 43.3 Å². The summed E-state index contributed by atoms with van der Waals surface area (Å²) in [6.45, 7) is 0. The summed E-state index contributed by atoms with van der Waals surface area (Å²) in [6.07, 6.45) is 0. The lowest BCUT2D eigenvalue weighted by Gasteiger charge is -2.25. The van der Waals surface area contributed by atoms with Gasteiger partial charge >= 0.3 is 0 Å². The van der Waals surface area contributed by atoms with Crippen molar-refractivity contribution in [3.05, 3.63) is 92.4 Å². The number of anilines is 2. The van der Waals surface area contributed by atoms with Crippen LogP contribution in [0.3, 0.4) is 0 Å². The molecule has 7 nitrogen and oxygen atoms in total. The van der Waals surface area contributed by atoms with Crippen molar-refractivity contribution in [1.82, 2.24) is 10.4 Å². The number of nitrogens with one attached hydrogen (secondary N) is 1. The summed E-state index contributed by atoms with van der Waals surface area (Å²) in [5.41, 5.74) is 5.55. The van der Waals surface area contributed by atoms with Gasteiger partial charge in [0.1, 0.15) is 6.04 Å². The van der Waals surface area contributed by atoms with Gasteiger partial charge in [0.15, 0.2) is 0 Å². The zero-order valence-corrected chi connectivity index (χ0v) is 22.4. The molecule has 0 aromatic heterocycles. The zero-order chi connectivity index (χ0) is 25.7. The average molecular weight is 588 g/mol. The van der Waals surface area contributed by atoms with Crippen LogP contribution in [0.2, 0.25) is 10.0 Å². The molecule has 10 heteroatoms. The van der Waals surface area contributed by atoms with E-state index in [9.17, 15) is 14.4 Å². The van der Waals surface area contributed by atoms with Crippen LogP contribution in [0.1, 0.15) is 22.0 Å². The molecule has 2 fully saturated rings. The SMILES string of the molecule is CN(C)c1ccc([C@@H]2NN(C(=O)c3cccc(Br)c3)[C@H]3C(=O)N(c4ccc(Cl)cc4Cl)C(=O)[C@H]23)cc1. The molecule has 184 valence electrons. The highest BCUT2D eigenvalue weighted by molar-refractivity contribution is 9.10. The summed E-state index contributed by atoms with van der Waals surface area (Å²) < 4.78 is 0.725. The standard InChI is InChI=1S/C26H21BrCl2N4O3/c1-31(2)18-9-6-14(7-10-18)22-21-23(33(30-22)24(34)15-4-3-5-16(27)12-15)26(36)32(25(21)35)20-11-8-17(28)13-19(20)29/h3-13,21-23,30H,1-2H3/t21-,22+,23-/m1/s1. The number of carbonyl (C=O) groups is 3. The van der Waals surface area contributed by atoms with E-state index in [0.717, 1.165) is 20.6 Å². The monoisotopic (exact) mass is 586 g/mol. The van der Waals surface area contributed by atoms with Gasteiger partial charge in [-0.15, -0.1) is 0 Å². The van der Waals surface area contributed by atoms with Crippen LogP contribution >= 0.6 is 39.1 Å². The Balaban J connectivity index is 1.58. The van der Waals surface area contributed by atoms with Crippen molar-refractivity contribution in [2.45, 2.75) is 12.1 Å². The zero-order valence-electron chi connectivity index (χ0n) is 19.3. The second-order valence-corrected chi connectivity index (χ2v) is 10.6. The molecule has 2 saturated heterocycles. The summed E-state index contributed by atoms with van der Waals surface area (Å²) >= 11 is 15.8. The first kappa shape index (κ1) is 24.8. The highest BCUT2D eigenvalue weighted by Gasteiger charge is 2.60. The number of nitrogens with zero attached hydrogens (tertiary/aromatic N) is 3. The van der Waals surface area contributed by atoms with Crippen LogP contribution in [-0.2, 0) is 9.59 Å². The number of hydrazine groups is 1. The first-order valence-corrected chi connectivity index (χ1v) is 12.7. The summed E-state index contributed by atoms with van der Waals surface area (Å²) in [6, 6.07) is 17.5. The van der Waals surface area contributed by atoms with E-state index in [4.69, 9.17) is 23.2 Å². The van der Waals surface area contributed by atoms with E-state index in [0.29, 0.717) is 10.6 Å². The van der Waals surface area contributed by atoms with Crippen molar-refractivity contribution in [3.8, 4) is 0 Å². The molecule has 0 radical (unpaired) electrons. The van der Waals surface area contributed by atoms with Gasteiger partial charge in [-0.1, -0.05) is 57.3 Å². The quantitative estimate of drug-likeness (QED) is 0.431. The van der Waals surface area contributed by atoms with Gasteiger partial charge in [-0.05, 0) is 54.1 Å². The minimum Gasteiger partial charge on any atom is -0.378 e. The smallest absolute Gasteiger partial charge is 0.268 e. The minimum absolute atomic E-state index is 0.175. The van der Waals surface area contributed by atoms with E-state index < -0.39 is 35.7 Å². The number of halogens is 3. The molecule has 3 amide bonds. The van der Waals surface area contributed by atoms with Crippen molar-refractivity contribution in [2.75, 3.05) is 23.9 Å². The maximum atomic E-state index is 13.8. The van der Waals surface area contributed by atoms with Crippen LogP contribution in [0.15, 0.2) is 71.2 Å². The lowest BCUT2D eigenvalue weighted by atomic mass is 9.90. The van der Waals surface area contributed by atoms with Crippen molar-refractivity contribution >= 4 is 68.2 Å². The first-order valence-electron chi connectivity index (χ1n) is 11.1. The van der Waals surface area contributed by atoms with Gasteiger partial charge in [0.2, 0.25) is 5.91 Å². The second-order valence-electron chi connectivity index (χ2n) is 8.86. The Morgan fingerprint density at radius 1 is 0.972 bits per heavy atom. The molecule has 2 aliphatic heterocycles. The third kappa shape index (κ3) is 4.18. The number of fused-ring (bicyclic) bond motifs is 1. The minimum atomic E-state index is -1.05. The number of benzene rings is 3. The molecule has 3 aromatic carbocycles. The summed E-state index contributed by atoms with van der Waals surface area (Å²) in [7, 11) is 3.87. The van der Waals surface area contributed by atoms with Crippen LogP contribution in [0, 0.1) is 5.92 Å². The number of hydrogen-bond acceptors (Lipinski definition) is 5. The Morgan fingerprint density at radius 3 is 2.33 bits per heavy atom. The molecule has 3 aromatic rings. The molecule has 2 heterocycles. The molecule has 0 unspecified atom stereocenters. The topological polar surface area (TPSA) is 73.0 Å². The predicted octanol–water partition coefficient (Wildman–Crippen LogP) is 5.08. The fraction of sp³-hybridized carbons (Fsp3) is 0.192. The molecule has 2 aliphatic rings. The molecule has 5 rings (SSSR count). The fourth-order valence-electron chi connectivity index (χ4n) is 4.69. The van der Waals surface area contributed by atoms with Crippen molar-refractivity contribution in [1.29, 1.82) is 0 Å². The Kier molecular flexibility index (Phi) is 6.55. The van der Waals surface area contributed by atoms with Gasteiger partial charge in [0.05, 0.1) is 22.7 Å². The van der Waals surface area contributed by atoms with E-state index in [2.05, 4.69) is 21.4 Å². The van der Waals surface area contributed by atoms with Crippen molar-refractivity contribution in [2.24, 2.45) is 5.92 Å². The molecular formula is C26H21BrCl2N4O3. The number of hydrogen-bond donors (Lipinski definition) is 1. The van der Waals surface area contributed by atoms with E-state index in [1.54, 1.807) is 30.3 Å². The molecule has 36 heavy (non-hydrogen) atoms. The summed E-state index contributed by atoms with van der Waals surface area (Å²) in [4.78, 5) is 44.1. The van der Waals surface area contributed by atoms with Gasteiger partial charge in [-0.25, -0.2) is 10.3 Å². The van der Waals surface area contributed by atoms with Crippen molar-refractivity contribution in [3.63, 3.8) is 0 Å². The Morgan fingerprint density at radius 2 is 1.69 bits per heavy atom. The average Bonchev–Trinajstić information content (AvgIpc) is 3.36. The van der Waals surface area contributed by atoms with Crippen LogP contribution < -0.4 is 15.2 Å². The molecule has 1 N–H and O–H groups in total. The Labute approximate surface area is 226 Å². The largest absolute Gasteiger partial charge is 0.378 e. The number of rotatable bonds is 4. The van der Waals surface area contributed by atoms with Gasteiger partial charge in [0.25, 0.3) is 11.8 Å². The van der Waals surface area contributed by atoms with E-state index in [1.165, 1.54) is 17.1 Å². The molecular weight excluding hydrogens is 567 g/mol. The van der Waals surface area contributed by atoms with E-state index in [-0.39, 0.29) is 10.7 Å². The van der Waals surface area contributed by atoms with Crippen molar-refractivity contribution < 1.29 is 14.4 Å². The van der Waals surface area contributed by atoms with Gasteiger partial charge < -0.3 is 4.90 Å². The van der Waals surface area contributed by atoms with E-state index >= 15 is 0 Å². The summed E-state index contributed by atoms with van der Waals surface area (Å²) in [5, 5.41) is 1.84. The molecule has 0 aliphatic carbocycles. The lowest BCUT2D eigenvalue weighted by Crippen LogP contribution is -2.48. The predicted molar refractivity (Wildman–Crippen MR) is 143 cm³/mol.